The van der Waals surface area contributed by atoms with Gasteiger partial charge in [-0.15, -0.1) is 0 Å². The Kier molecular flexibility index (Phi) is 5.45. The molecule has 0 heterocycles. The van der Waals surface area contributed by atoms with Gasteiger partial charge in [0.05, 0.1) is 26.7 Å². The average molecular weight is 253 g/mol. The minimum atomic E-state index is -0.546. The van der Waals surface area contributed by atoms with Gasteiger partial charge in [-0.2, -0.15) is 0 Å². The molecule has 2 N–H and O–H groups in total. The highest BCUT2D eigenvalue weighted by molar-refractivity contribution is 5.79. The zero-order valence-corrected chi connectivity index (χ0v) is 10.9. The van der Waals surface area contributed by atoms with Crippen molar-refractivity contribution in [2.24, 2.45) is 5.73 Å². The van der Waals surface area contributed by atoms with Crippen LogP contribution in [0.2, 0.25) is 0 Å². The minimum Gasteiger partial charge on any atom is -0.497 e. The molecule has 0 saturated heterocycles. The molecule has 100 valence electrons. The first-order chi connectivity index (χ1) is 8.67. The van der Waals surface area contributed by atoms with Crippen molar-refractivity contribution in [3.8, 4) is 11.5 Å². The molecule has 0 saturated carbocycles. The normalized spacial score (nSPS) is 11.8. The summed E-state index contributed by atoms with van der Waals surface area (Å²) in [6.07, 6.45) is 0. The topological polar surface area (TPSA) is 70.8 Å². The Bertz CT molecular complexity index is 406. The number of benzene rings is 1. The van der Waals surface area contributed by atoms with Crippen molar-refractivity contribution in [1.82, 2.24) is 0 Å². The van der Waals surface area contributed by atoms with Crippen LogP contribution in [-0.4, -0.2) is 33.3 Å². The second-order valence-corrected chi connectivity index (χ2v) is 3.65. The zero-order chi connectivity index (χ0) is 13.5. The summed E-state index contributed by atoms with van der Waals surface area (Å²) in [5, 5.41) is 0. The summed E-state index contributed by atoms with van der Waals surface area (Å²) in [5.74, 6) is 0.342. The van der Waals surface area contributed by atoms with Gasteiger partial charge in [-0.05, 0) is 25.1 Å². The van der Waals surface area contributed by atoms with Crippen LogP contribution >= 0.6 is 0 Å². The molecule has 5 heteroatoms. The fourth-order valence-electron chi connectivity index (χ4n) is 1.70. The first-order valence-corrected chi connectivity index (χ1v) is 5.76. The summed E-state index contributed by atoms with van der Waals surface area (Å²) >= 11 is 0. The van der Waals surface area contributed by atoms with Crippen LogP contribution < -0.4 is 15.2 Å². The fraction of sp³-hybridized carbons (Fsp3) is 0.462. The lowest BCUT2D eigenvalue weighted by molar-refractivity contribution is -0.144. The van der Waals surface area contributed by atoms with Gasteiger partial charge in [0.25, 0.3) is 0 Å². The Labute approximate surface area is 107 Å². The van der Waals surface area contributed by atoms with Gasteiger partial charge in [-0.3, -0.25) is 4.79 Å². The third-order valence-electron chi connectivity index (χ3n) is 2.62. The maximum Gasteiger partial charge on any atom is 0.314 e. The highest BCUT2D eigenvalue weighted by Gasteiger charge is 2.24. The Morgan fingerprint density at radius 1 is 1.33 bits per heavy atom. The number of carbonyl (C=O) groups is 1. The molecule has 1 unspecified atom stereocenters. The van der Waals surface area contributed by atoms with Crippen LogP contribution in [0.15, 0.2) is 18.2 Å². The molecular weight excluding hydrogens is 234 g/mol. The minimum absolute atomic E-state index is 0.155. The Morgan fingerprint density at radius 3 is 2.56 bits per heavy atom. The lowest BCUT2D eigenvalue weighted by Crippen LogP contribution is -2.24. The molecule has 0 aliphatic heterocycles. The molecule has 1 aromatic carbocycles. The highest BCUT2D eigenvalue weighted by Crippen LogP contribution is 2.30. The number of rotatable bonds is 6. The lowest BCUT2D eigenvalue weighted by atomic mass is 9.98. The van der Waals surface area contributed by atoms with Crippen molar-refractivity contribution in [1.29, 1.82) is 0 Å². The summed E-state index contributed by atoms with van der Waals surface area (Å²) in [4.78, 5) is 11.8. The van der Waals surface area contributed by atoms with E-state index in [1.165, 1.54) is 0 Å². The van der Waals surface area contributed by atoms with Crippen LogP contribution in [-0.2, 0) is 9.53 Å². The third kappa shape index (κ3) is 3.13. The largest absolute Gasteiger partial charge is 0.497 e. The number of hydrogen-bond donors (Lipinski definition) is 1. The van der Waals surface area contributed by atoms with E-state index in [2.05, 4.69) is 0 Å². The molecule has 0 aliphatic rings. The number of ether oxygens (including phenoxy) is 3. The van der Waals surface area contributed by atoms with Gasteiger partial charge in [-0.25, -0.2) is 0 Å². The SMILES string of the molecule is CCOC(=O)C(CN)c1cc(OC)ccc1OC. The summed E-state index contributed by atoms with van der Waals surface area (Å²) in [7, 11) is 3.11. The number of methoxy groups -OCH3 is 2. The van der Waals surface area contributed by atoms with E-state index >= 15 is 0 Å². The fourth-order valence-corrected chi connectivity index (χ4v) is 1.70. The maximum atomic E-state index is 11.8. The van der Waals surface area contributed by atoms with Crippen LogP contribution in [0.5, 0.6) is 11.5 Å². The van der Waals surface area contributed by atoms with Gasteiger partial charge in [0, 0.05) is 12.1 Å². The molecule has 0 aromatic heterocycles. The molecule has 5 nitrogen and oxygen atoms in total. The van der Waals surface area contributed by atoms with E-state index in [9.17, 15) is 4.79 Å². The molecule has 1 atom stereocenters. The quantitative estimate of drug-likeness (QED) is 0.774. The van der Waals surface area contributed by atoms with E-state index in [4.69, 9.17) is 19.9 Å². The van der Waals surface area contributed by atoms with Gasteiger partial charge in [-0.1, -0.05) is 0 Å². The van der Waals surface area contributed by atoms with E-state index in [1.807, 2.05) is 0 Å². The molecule has 0 amide bonds. The monoisotopic (exact) mass is 253 g/mol. The lowest BCUT2D eigenvalue weighted by Gasteiger charge is -2.17. The molecule has 0 aliphatic carbocycles. The van der Waals surface area contributed by atoms with Crippen molar-refractivity contribution in [3.05, 3.63) is 23.8 Å². The second-order valence-electron chi connectivity index (χ2n) is 3.65. The number of hydrogen-bond acceptors (Lipinski definition) is 5. The van der Waals surface area contributed by atoms with Crippen LogP contribution in [0.3, 0.4) is 0 Å². The van der Waals surface area contributed by atoms with Gasteiger partial charge in [0.2, 0.25) is 0 Å². The van der Waals surface area contributed by atoms with Crippen molar-refractivity contribution >= 4 is 5.97 Å². The van der Waals surface area contributed by atoms with Crippen molar-refractivity contribution in [3.63, 3.8) is 0 Å². The summed E-state index contributed by atoms with van der Waals surface area (Å²) < 4.78 is 15.4. The van der Waals surface area contributed by atoms with Crippen LogP contribution in [0, 0.1) is 0 Å². The van der Waals surface area contributed by atoms with E-state index in [1.54, 1.807) is 39.3 Å². The number of esters is 1. The van der Waals surface area contributed by atoms with Crippen LogP contribution in [0.1, 0.15) is 18.4 Å². The highest BCUT2D eigenvalue weighted by atomic mass is 16.5. The van der Waals surface area contributed by atoms with Crippen molar-refractivity contribution in [2.45, 2.75) is 12.8 Å². The first kappa shape index (κ1) is 14.3. The smallest absolute Gasteiger partial charge is 0.314 e. The van der Waals surface area contributed by atoms with Crippen molar-refractivity contribution in [2.75, 3.05) is 27.4 Å². The van der Waals surface area contributed by atoms with Gasteiger partial charge in [0.1, 0.15) is 11.5 Å². The number of carbonyl (C=O) groups excluding carboxylic acids is 1. The van der Waals surface area contributed by atoms with E-state index in [-0.39, 0.29) is 12.5 Å². The second kappa shape index (κ2) is 6.86. The first-order valence-electron chi connectivity index (χ1n) is 5.76. The van der Waals surface area contributed by atoms with Crippen molar-refractivity contribution < 1.29 is 19.0 Å². The van der Waals surface area contributed by atoms with E-state index < -0.39 is 5.92 Å². The molecule has 0 radical (unpaired) electrons. The predicted molar refractivity (Wildman–Crippen MR) is 68.0 cm³/mol. The Hall–Kier alpha value is -1.75. The molecule has 0 bridgehead atoms. The molecule has 1 aromatic rings. The Morgan fingerprint density at radius 2 is 2.06 bits per heavy atom. The molecule has 0 spiro atoms. The van der Waals surface area contributed by atoms with Gasteiger partial charge < -0.3 is 19.9 Å². The number of nitrogens with two attached hydrogens (primary N) is 1. The average Bonchev–Trinajstić information content (AvgIpc) is 2.39. The molecular formula is C13H19NO4. The Balaban J connectivity index is 3.13. The van der Waals surface area contributed by atoms with Gasteiger partial charge >= 0.3 is 5.97 Å². The molecule has 18 heavy (non-hydrogen) atoms. The maximum absolute atomic E-state index is 11.8. The predicted octanol–water partition coefficient (Wildman–Crippen LogP) is 1.31. The zero-order valence-electron chi connectivity index (χ0n) is 10.9. The molecule has 1 rings (SSSR count). The van der Waals surface area contributed by atoms with E-state index in [0.717, 1.165) is 0 Å². The van der Waals surface area contributed by atoms with E-state index in [0.29, 0.717) is 23.7 Å². The van der Waals surface area contributed by atoms with Crippen LogP contribution in [0.4, 0.5) is 0 Å². The third-order valence-corrected chi connectivity index (χ3v) is 2.62. The van der Waals surface area contributed by atoms with Crippen LogP contribution in [0.25, 0.3) is 0 Å². The van der Waals surface area contributed by atoms with Gasteiger partial charge in [0.15, 0.2) is 0 Å². The standard InChI is InChI=1S/C13H19NO4/c1-4-18-13(15)11(8-14)10-7-9(16-2)5-6-12(10)17-3/h5-7,11H,4,8,14H2,1-3H3. The summed E-state index contributed by atoms with van der Waals surface area (Å²) in [6.45, 7) is 2.23. The summed E-state index contributed by atoms with van der Waals surface area (Å²) in [6, 6.07) is 5.25. The molecule has 0 fully saturated rings. The summed E-state index contributed by atoms with van der Waals surface area (Å²) in [5.41, 5.74) is 6.33.